The first-order chi connectivity index (χ1) is 5.45. The Morgan fingerprint density at radius 2 is 2.25 bits per heavy atom. The molecule has 0 aliphatic heterocycles. The fourth-order valence-corrected chi connectivity index (χ4v) is 1.37. The monoisotopic (exact) mass is 194 g/mol. The maximum atomic E-state index is 12.4. The Labute approximate surface area is 69.0 Å². The van der Waals surface area contributed by atoms with E-state index in [9.17, 15) is 12.3 Å². The van der Waals surface area contributed by atoms with E-state index in [2.05, 4.69) is 9.84 Å². The third-order valence-electron chi connectivity index (χ3n) is 1.22. The Balaban J connectivity index is 3.33. The Bertz CT molecular complexity index is 383. The van der Waals surface area contributed by atoms with Gasteiger partial charge in [0.05, 0.1) is 13.3 Å². The van der Waals surface area contributed by atoms with Gasteiger partial charge < -0.3 is 4.74 Å². The second kappa shape index (κ2) is 2.74. The molecule has 1 aromatic heterocycles. The molecule has 1 heterocycles. The van der Waals surface area contributed by atoms with E-state index in [-0.39, 0.29) is 5.88 Å². The van der Waals surface area contributed by atoms with Crippen molar-refractivity contribution in [2.45, 2.75) is 4.90 Å². The van der Waals surface area contributed by atoms with Gasteiger partial charge in [0.1, 0.15) is 0 Å². The van der Waals surface area contributed by atoms with Crippen molar-refractivity contribution in [1.29, 1.82) is 0 Å². The van der Waals surface area contributed by atoms with Crippen molar-refractivity contribution in [3.05, 3.63) is 6.20 Å². The largest absolute Gasteiger partial charge is 0.479 e. The van der Waals surface area contributed by atoms with Crippen LogP contribution in [0, 0.1) is 0 Å². The molecule has 7 heteroatoms. The first-order valence-electron chi connectivity index (χ1n) is 2.97. The topological polar surface area (TPSA) is 61.2 Å². The number of methoxy groups -OCH3 is 1. The van der Waals surface area contributed by atoms with E-state index < -0.39 is 15.1 Å². The molecule has 68 valence electrons. The molecule has 0 fully saturated rings. The lowest BCUT2D eigenvalue weighted by Crippen LogP contribution is -1.93. The maximum Gasteiger partial charge on any atom is 0.339 e. The molecule has 0 amide bonds. The molecule has 1 rings (SSSR count). The van der Waals surface area contributed by atoms with E-state index in [1.54, 1.807) is 0 Å². The molecule has 12 heavy (non-hydrogen) atoms. The van der Waals surface area contributed by atoms with E-state index in [1.807, 2.05) is 0 Å². The van der Waals surface area contributed by atoms with E-state index in [0.29, 0.717) is 0 Å². The zero-order chi connectivity index (χ0) is 9.35. The number of halogens is 1. The van der Waals surface area contributed by atoms with Crippen LogP contribution in [0.15, 0.2) is 11.1 Å². The summed E-state index contributed by atoms with van der Waals surface area (Å²) in [4.78, 5) is -0.549. The molecule has 0 saturated heterocycles. The molecule has 0 N–H and O–H groups in total. The summed E-state index contributed by atoms with van der Waals surface area (Å²) in [5.74, 6) is -0.236. The van der Waals surface area contributed by atoms with Crippen molar-refractivity contribution in [3.63, 3.8) is 0 Å². The average molecular weight is 194 g/mol. The number of hydrogen-bond acceptors (Lipinski definition) is 4. The number of aromatic nitrogens is 2. The molecular weight excluding hydrogens is 187 g/mol. The molecule has 0 aliphatic carbocycles. The van der Waals surface area contributed by atoms with Crippen LogP contribution in [-0.4, -0.2) is 25.3 Å². The van der Waals surface area contributed by atoms with Gasteiger partial charge in [-0.3, -0.25) is 4.68 Å². The molecular formula is C5H7FN2O3S. The number of nitrogens with zero attached hydrogens (tertiary/aromatic N) is 2. The van der Waals surface area contributed by atoms with Crippen LogP contribution in [0.5, 0.6) is 5.88 Å². The lowest BCUT2D eigenvalue weighted by Gasteiger charge is -1.93. The van der Waals surface area contributed by atoms with Crippen LogP contribution in [0.3, 0.4) is 0 Å². The van der Waals surface area contributed by atoms with Crippen LogP contribution < -0.4 is 4.74 Å². The second-order valence-corrected chi connectivity index (χ2v) is 3.43. The van der Waals surface area contributed by atoms with Gasteiger partial charge >= 0.3 is 10.2 Å². The SMILES string of the molecule is COc1nn(C)cc1S(=O)(=O)F. The molecule has 0 unspecified atom stereocenters. The number of ether oxygens (including phenoxy) is 1. The molecule has 0 radical (unpaired) electrons. The third-order valence-corrected chi connectivity index (χ3v) is 2.02. The molecule has 0 aromatic carbocycles. The number of aryl methyl sites for hydroxylation is 1. The Kier molecular flexibility index (Phi) is 2.05. The predicted molar refractivity (Wildman–Crippen MR) is 38.1 cm³/mol. The van der Waals surface area contributed by atoms with Gasteiger partial charge in [-0.1, -0.05) is 0 Å². The fraction of sp³-hybridized carbons (Fsp3) is 0.400. The minimum absolute atomic E-state index is 0.236. The van der Waals surface area contributed by atoms with E-state index in [4.69, 9.17) is 0 Å². The summed E-state index contributed by atoms with van der Waals surface area (Å²) in [6.07, 6.45) is 1.04. The summed E-state index contributed by atoms with van der Waals surface area (Å²) in [5.41, 5.74) is 0. The van der Waals surface area contributed by atoms with Crippen LogP contribution >= 0.6 is 0 Å². The average Bonchev–Trinajstić information content (AvgIpc) is 2.29. The Morgan fingerprint density at radius 1 is 1.67 bits per heavy atom. The van der Waals surface area contributed by atoms with Crippen molar-refractivity contribution >= 4 is 10.2 Å². The summed E-state index contributed by atoms with van der Waals surface area (Å²) in [5, 5.41) is 3.57. The molecule has 0 saturated carbocycles. The summed E-state index contributed by atoms with van der Waals surface area (Å²) in [6, 6.07) is 0. The first-order valence-corrected chi connectivity index (χ1v) is 4.36. The quantitative estimate of drug-likeness (QED) is 0.626. The predicted octanol–water partition coefficient (Wildman–Crippen LogP) is 0.0869. The minimum Gasteiger partial charge on any atom is -0.479 e. The highest BCUT2D eigenvalue weighted by Crippen LogP contribution is 2.22. The van der Waals surface area contributed by atoms with Crippen LogP contribution in [0.4, 0.5) is 3.89 Å². The van der Waals surface area contributed by atoms with Gasteiger partial charge in [-0.15, -0.1) is 8.98 Å². The highest BCUT2D eigenvalue weighted by molar-refractivity contribution is 7.86. The van der Waals surface area contributed by atoms with Crippen molar-refractivity contribution in [2.24, 2.45) is 7.05 Å². The highest BCUT2D eigenvalue weighted by atomic mass is 32.3. The lowest BCUT2D eigenvalue weighted by molar-refractivity contribution is 0.381. The van der Waals surface area contributed by atoms with Crippen molar-refractivity contribution < 1.29 is 17.0 Å². The van der Waals surface area contributed by atoms with E-state index in [1.165, 1.54) is 14.2 Å². The summed E-state index contributed by atoms with van der Waals surface area (Å²) in [6.45, 7) is 0. The first kappa shape index (κ1) is 8.98. The molecule has 0 spiro atoms. The van der Waals surface area contributed by atoms with Gasteiger partial charge in [0.2, 0.25) is 0 Å². The van der Waals surface area contributed by atoms with Crippen molar-refractivity contribution in [2.75, 3.05) is 7.11 Å². The third kappa shape index (κ3) is 1.55. The molecule has 0 aliphatic rings. The van der Waals surface area contributed by atoms with E-state index >= 15 is 0 Å². The van der Waals surface area contributed by atoms with Crippen molar-refractivity contribution in [1.82, 2.24) is 9.78 Å². The molecule has 1 aromatic rings. The summed E-state index contributed by atoms with van der Waals surface area (Å²) >= 11 is 0. The van der Waals surface area contributed by atoms with Gasteiger partial charge in [-0.2, -0.15) is 8.42 Å². The van der Waals surface area contributed by atoms with Crippen LogP contribution in [0.2, 0.25) is 0 Å². The molecule has 0 atom stereocenters. The lowest BCUT2D eigenvalue weighted by atomic mass is 10.7. The van der Waals surface area contributed by atoms with Gasteiger partial charge in [0.15, 0.2) is 4.90 Å². The van der Waals surface area contributed by atoms with E-state index in [0.717, 1.165) is 10.9 Å². The van der Waals surface area contributed by atoms with Crippen LogP contribution in [0.25, 0.3) is 0 Å². The van der Waals surface area contributed by atoms with Gasteiger partial charge in [-0.25, -0.2) is 0 Å². The Hall–Kier alpha value is -1.11. The van der Waals surface area contributed by atoms with Gasteiger partial charge in [0, 0.05) is 7.05 Å². The van der Waals surface area contributed by atoms with Gasteiger partial charge in [-0.05, 0) is 0 Å². The molecule has 0 bridgehead atoms. The maximum absolute atomic E-state index is 12.4. The summed E-state index contributed by atoms with van der Waals surface area (Å²) in [7, 11) is -2.04. The molecule has 5 nitrogen and oxygen atoms in total. The zero-order valence-corrected chi connectivity index (χ0v) is 7.30. The fourth-order valence-electron chi connectivity index (χ4n) is 0.755. The minimum atomic E-state index is -4.73. The van der Waals surface area contributed by atoms with Crippen LogP contribution in [0.1, 0.15) is 0 Å². The second-order valence-electron chi connectivity index (χ2n) is 2.11. The normalized spacial score (nSPS) is 11.6. The Morgan fingerprint density at radius 3 is 2.58 bits per heavy atom. The standard InChI is InChI=1S/C5H7FN2O3S/c1-8-3-4(12(6,9)10)5(7-8)11-2/h3H,1-2H3. The summed E-state index contributed by atoms with van der Waals surface area (Å²) < 4.78 is 39.0. The van der Waals surface area contributed by atoms with Crippen molar-refractivity contribution in [3.8, 4) is 5.88 Å². The number of rotatable bonds is 2. The number of hydrogen-bond donors (Lipinski definition) is 0. The van der Waals surface area contributed by atoms with Crippen LogP contribution in [-0.2, 0) is 17.3 Å². The zero-order valence-electron chi connectivity index (χ0n) is 6.48. The van der Waals surface area contributed by atoms with Gasteiger partial charge in [0.25, 0.3) is 5.88 Å². The smallest absolute Gasteiger partial charge is 0.339 e. The highest BCUT2D eigenvalue weighted by Gasteiger charge is 2.21.